The molecule has 1 aliphatic rings. The summed E-state index contributed by atoms with van der Waals surface area (Å²) in [6.45, 7) is 3.89. The third-order valence-corrected chi connectivity index (χ3v) is 5.51. The lowest BCUT2D eigenvalue weighted by Gasteiger charge is -2.14. The normalized spacial score (nSPS) is 15.7. The predicted molar refractivity (Wildman–Crippen MR) is 106 cm³/mol. The predicted octanol–water partition coefficient (Wildman–Crippen LogP) is 4.15. The molecule has 138 valence electrons. The van der Waals surface area contributed by atoms with Crippen LogP contribution < -0.4 is 10.9 Å². The Labute approximate surface area is 158 Å². The van der Waals surface area contributed by atoms with Crippen LogP contribution in [0.4, 0.5) is 0 Å². The molecule has 0 fully saturated rings. The molecule has 0 bridgehead atoms. The molecule has 0 spiro atoms. The van der Waals surface area contributed by atoms with Crippen LogP contribution in [0.3, 0.4) is 0 Å². The highest BCUT2D eigenvalue weighted by molar-refractivity contribution is 5.82. The fraction of sp³-hybridized carbons (Fsp3) is 0.304. The van der Waals surface area contributed by atoms with E-state index in [1.54, 1.807) is 0 Å². The molecule has 1 amide bonds. The summed E-state index contributed by atoms with van der Waals surface area (Å²) in [6, 6.07) is 14.2. The Morgan fingerprint density at radius 2 is 2.00 bits per heavy atom. The van der Waals surface area contributed by atoms with Crippen molar-refractivity contribution >= 4 is 16.9 Å². The zero-order valence-corrected chi connectivity index (χ0v) is 15.7. The van der Waals surface area contributed by atoms with Gasteiger partial charge in [0.15, 0.2) is 0 Å². The molecular formula is C23H23NO3. The first-order valence-electron chi connectivity index (χ1n) is 9.43. The molecule has 4 heteroatoms. The molecule has 0 saturated carbocycles. The Kier molecular flexibility index (Phi) is 4.56. The minimum Gasteiger partial charge on any atom is -0.423 e. The van der Waals surface area contributed by atoms with Crippen LogP contribution in [0.1, 0.15) is 46.7 Å². The van der Waals surface area contributed by atoms with Gasteiger partial charge in [0, 0.05) is 17.4 Å². The molecule has 27 heavy (non-hydrogen) atoms. The van der Waals surface area contributed by atoms with E-state index in [9.17, 15) is 9.59 Å². The van der Waals surface area contributed by atoms with Crippen molar-refractivity contribution in [2.24, 2.45) is 0 Å². The van der Waals surface area contributed by atoms with Crippen LogP contribution >= 0.6 is 0 Å². The Hall–Kier alpha value is -2.88. The molecule has 0 radical (unpaired) electrons. The van der Waals surface area contributed by atoms with Gasteiger partial charge in [0.2, 0.25) is 5.91 Å². The number of rotatable bonds is 4. The second kappa shape index (κ2) is 7.03. The molecule has 1 atom stereocenters. The van der Waals surface area contributed by atoms with E-state index in [1.807, 2.05) is 44.2 Å². The van der Waals surface area contributed by atoms with Gasteiger partial charge in [-0.2, -0.15) is 0 Å². The highest BCUT2D eigenvalue weighted by Crippen LogP contribution is 2.30. The summed E-state index contributed by atoms with van der Waals surface area (Å²) in [5.74, 6) is -0.0282. The molecule has 2 aromatic carbocycles. The zero-order valence-electron chi connectivity index (χ0n) is 15.7. The molecule has 0 saturated heterocycles. The van der Waals surface area contributed by atoms with Gasteiger partial charge in [-0.05, 0) is 61.4 Å². The Balaban J connectivity index is 1.48. The van der Waals surface area contributed by atoms with Crippen molar-refractivity contribution in [3.05, 3.63) is 80.7 Å². The van der Waals surface area contributed by atoms with Gasteiger partial charge in [-0.15, -0.1) is 0 Å². The quantitative estimate of drug-likeness (QED) is 0.710. The van der Waals surface area contributed by atoms with Crippen LogP contribution in [-0.2, 0) is 17.6 Å². The van der Waals surface area contributed by atoms with E-state index >= 15 is 0 Å². The monoisotopic (exact) mass is 361 g/mol. The number of nitrogens with one attached hydrogen (secondary N) is 1. The van der Waals surface area contributed by atoms with Gasteiger partial charge >= 0.3 is 5.63 Å². The standard InChI is InChI=1S/C23H23NO3/c1-14-7-9-17-15(2)18(23(26)27-21(17)13-14)10-12-22(25)24-20-11-8-16-5-3-4-6-19(16)20/h3-7,9,13,20H,8,10-12H2,1-2H3,(H,24,25). The van der Waals surface area contributed by atoms with Crippen LogP contribution in [0.5, 0.6) is 0 Å². The molecule has 4 rings (SSSR count). The van der Waals surface area contributed by atoms with E-state index in [2.05, 4.69) is 17.4 Å². The fourth-order valence-electron chi connectivity index (χ4n) is 4.00. The van der Waals surface area contributed by atoms with Gasteiger partial charge < -0.3 is 9.73 Å². The molecule has 0 aliphatic heterocycles. The minimum atomic E-state index is -0.343. The Morgan fingerprint density at radius 3 is 2.85 bits per heavy atom. The highest BCUT2D eigenvalue weighted by Gasteiger charge is 2.23. The van der Waals surface area contributed by atoms with Gasteiger partial charge in [0.25, 0.3) is 0 Å². The number of aryl methyl sites for hydroxylation is 3. The second-order valence-corrected chi connectivity index (χ2v) is 7.35. The van der Waals surface area contributed by atoms with Crippen molar-refractivity contribution in [1.29, 1.82) is 0 Å². The lowest BCUT2D eigenvalue weighted by atomic mass is 10.0. The number of carbonyl (C=O) groups excluding carboxylic acids is 1. The van der Waals surface area contributed by atoms with Crippen molar-refractivity contribution in [2.75, 3.05) is 0 Å². The Morgan fingerprint density at radius 1 is 1.19 bits per heavy atom. The maximum Gasteiger partial charge on any atom is 0.339 e. The molecular weight excluding hydrogens is 338 g/mol. The van der Waals surface area contributed by atoms with E-state index in [1.165, 1.54) is 11.1 Å². The molecule has 1 unspecified atom stereocenters. The first-order valence-corrected chi connectivity index (χ1v) is 9.43. The first kappa shape index (κ1) is 17.5. The number of benzene rings is 2. The van der Waals surface area contributed by atoms with Gasteiger partial charge in [-0.25, -0.2) is 4.79 Å². The fourth-order valence-corrected chi connectivity index (χ4v) is 4.00. The van der Waals surface area contributed by atoms with E-state index in [-0.39, 0.29) is 24.0 Å². The zero-order chi connectivity index (χ0) is 19.0. The summed E-state index contributed by atoms with van der Waals surface area (Å²) in [5, 5.41) is 4.05. The first-order chi connectivity index (χ1) is 13.0. The lowest BCUT2D eigenvalue weighted by molar-refractivity contribution is -0.121. The molecule has 3 aromatic rings. The van der Waals surface area contributed by atoms with Crippen LogP contribution in [-0.4, -0.2) is 5.91 Å². The smallest absolute Gasteiger partial charge is 0.339 e. The summed E-state index contributed by atoms with van der Waals surface area (Å²) < 4.78 is 5.48. The average molecular weight is 361 g/mol. The SMILES string of the molecule is Cc1ccc2c(C)c(CCC(=O)NC3CCc4ccccc43)c(=O)oc2c1. The van der Waals surface area contributed by atoms with Crippen LogP contribution in [0.25, 0.3) is 11.0 Å². The third kappa shape index (κ3) is 3.39. The van der Waals surface area contributed by atoms with Gasteiger partial charge in [0.1, 0.15) is 5.58 Å². The number of amides is 1. The van der Waals surface area contributed by atoms with Crippen LogP contribution in [0.2, 0.25) is 0 Å². The summed E-state index contributed by atoms with van der Waals surface area (Å²) in [6.07, 6.45) is 2.59. The third-order valence-electron chi connectivity index (χ3n) is 5.51. The molecule has 1 aliphatic carbocycles. The van der Waals surface area contributed by atoms with Crippen LogP contribution in [0, 0.1) is 13.8 Å². The largest absolute Gasteiger partial charge is 0.423 e. The average Bonchev–Trinajstić information content (AvgIpc) is 3.04. The number of carbonyl (C=O) groups is 1. The summed E-state index contributed by atoms with van der Waals surface area (Å²) in [7, 11) is 0. The van der Waals surface area contributed by atoms with Crippen molar-refractivity contribution < 1.29 is 9.21 Å². The number of hydrogen-bond donors (Lipinski definition) is 1. The van der Waals surface area contributed by atoms with Crippen molar-refractivity contribution in [3.63, 3.8) is 0 Å². The molecule has 4 nitrogen and oxygen atoms in total. The highest BCUT2D eigenvalue weighted by atomic mass is 16.4. The van der Waals surface area contributed by atoms with Gasteiger partial charge in [-0.1, -0.05) is 36.4 Å². The van der Waals surface area contributed by atoms with Crippen LogP contribution in [0.15, 0.2) is 51.7 Å². The summed E-state index contributed by atoms with van der Waals surface area (Å²) in [5.41, 5.74) is 5.33. The van der Waals surface area contributed by atoms with E-state index in [4.69, 9.17) is 4.42 Å². The Bertz CT molecular complexity index is 1080. The van der Waals surface area contributed by atoms with Crippen molar-refractivity contribution in [3.8, 4) is 0 Å². The summed E-state index contributed by atoms with van der Waals surface area (Å²) >= 11 is 0. The van der Waals surface area contributed by atoms with Crippen molar-refractivity contribution in [1.82, 2.24) is 5.32 Å². The topological polar surface area (TPSA) is 59.3 Å². The molecule has 1 heterocycles. The van der Waals surface area contributed by atoms with Crippen molar-refractivity contribution in [2.45, 2.75) is 45.6 Å². The number of hydrogen-bond acceptors (Lipinski definition) is 3. The van der Waals surface area contributed by atoms with E-state index in [0.29, 0.717) is 17.6 Å². The molecule has 1 N–H and O–H groups in total. The summed E-state index contributed by atoms with van der Waals surface area (Å²) in [4.78, 5) is 24.9. The van der Waals surface area contributed by atoms with Gasteiger partial charge in [0.05, 0.1) is 6.04 Å². The van der Waals surface area contributed by atoms with E-state index < -0.39 is 0 Å². The lowest BCUT2D eigenvalue weighted by Crippen LogP contribution is -2.28. The second-order valence-electron chi connectivity index (χ2n) is 7.35. The van der Waals surface area contributed by atoms with E-state index in [0.717, 1.165) is 29.4 Å². The minimum absolute atomic E-state index is 0.0282. The maximum atomic E-state index is 12.5. The molecule has 1 aromatic heterocycles. The maximum absolute atomic E-state index is 12.5. The number of fused-ring (bicyclic) bond motifs is 2. The van der Waals surface area contributed by atoms with Gasteiger partial charge in [-0.3, -0.25) is 4.79 Å².